The number of hydrogen-bond acceptors (Lipinski definition) is 3. The van der Waals surface area contributed by atoms with Crippen LogP contribution in [-0.4, -0.2) is 39.3 Å². The van der Waals surface area contributed by atoms with Crippen molar-refractivity contribution in [1.29, 1.82) is 0 Å². The third kappa shape index (κ3) is 8.72. The Morgan fingerprint density at radius 3 is 2.94 bits per heavy atom. The minimum absolute atomic E-state index is 0. The maximum absolute atomic E-state index is 11.5. The van der Waals surface area contributed by atoms with E-state index in [1.165, 1.54) is 12.8 Å². The summed E-state index contributed by atoms with van der Waals surface area (Å²) < 4.78 is 4.95. The van der Waals surface area contributed by atoms with Crippen LogP contribution < -0.4 is 10.6 Å². The van der Waals surface area contributed by atoms with Crippen molar-refractivity contribution in [3.05, 3.63) is 0 Å². The highest BCUT2D eigenvalue weighted by Crippen LogP contribution is 2.12. The molecule has 1 rings (SSSR count). The largest absolute Gasteiger partial charge is 0.385 e. The number of carbonyl (C=O) groups excluding carboxylic acids is 1. The maximum Gasteiger partial charge on any atom is 0.219 e. The first kappa shape index (κ1) is 17.7. The summed E-state index contributed by atoms with van der Waals surface area (Å²) in [6.07, 6.45) is 6.20. The van der Waals surface area contributed by atoms with Gasteiger partial charge in [-0.05, 0) is 51.1 Å². The van der Waals surface area contributed by atoms with E-state index in [-0.39, 0.29) is 18.3 Å². The first-order valence-electron chi connectivity index (χ1n) is 6.79. The van der Waals surface area contributed by atoms with Crippen molar-refractivity contribution in [1.82, 2.24) is 10.6 Å². The van der Waals surface area contributed by atoms with Gasteiger partial charge in [-0.15, -0.1) is 12.4 Å². The van der Waals surface area contributed by atoms with Crippen molar-refractivity contribution in [3.8, 4) is 0 Å². The number of piperidine rings is 1. The molecule has 1 unspecified atom stereocenters. The van der Waals surface area contributed by atoms with Gasteiger partial charge in [0.05, 0.1) is 0 Å². The van der Waals surface area contributed by atoms with Gasteiger partial charge < -0.3 is 15.4 Å². The Labute approximate surface area is 117 Å². The first-order valence-corrected chi connectivity index (χ1v) is 6.79. The molecule has 4 nitrogen and oxygen atoms in total. The highest BCUT2D eigenvalue weighted by atomic mass is 35.5. The third-order valence-corrected chi connectivity index (χ3v) is 3.28. The monoisotopic (exact) mass is 278 g/mol. The summed E-state index contributed by atoms with van der Waals surface area (Å²) in [5.41, 5.74) is 0. The van der Waals surface area contributed by atoms with Crippen molar-refractivity contribution >= 4 is 18.3 Å². The highest BCUT2D eigenvalue weighted by Gasteiger charge is 2.12. The molecule has 108 valence electrons. The van der Waals surface area contributed by atoms with E-state index in [9.17, 15) is 4.79 Å². The van der Waals surface area contributed by atoms with Crippen LogP contribution in [0.5, 0.6) is 0 Å². The predicted octanol–water partition coefficient (Wildman–Crippen LogP) is 1.73. The Morgan fingerprint density at radius 2 is 2.28 bits per heavy atom. The second kappa shape index (κ2) is 11.8. The third-order valence-electron chi connectivity index (χ3n) is 3.28. The summed E-state index contributed by atoms with van der Waals surface area (Å²) >= 11 is 0. The van der Waals surface area contributed by atoms with E-state index in [1.54, 1.807) is 7.11 Å². The minimum atomic E-state index is 0. The van der Waals surface area contributed by atoms with Crippen LogP contribution in [0.3, 0.4) is 0 Å². The van der Waals surface area contributed by atoms with Crippen molar-refractivity contribution in [3.63, 3.8) is 0 Å². The molecule has 0 bridgehead atoms. The normalized spacial score (nSPS) is 19.1. The van der Waals surface area contributed by atoms with Gasteiger partial charge in [0.2, 0.25) is 5.91 Å². The van der Waals surface area contributed by atoms with Gasteiger partial charge in [-0.25, -0.2) is 0 Å². The molecule has 18 heavy (non-hydrogen) atoms. The van der Waals surface area contributed by atoms with Crippen LogP contribution in [0.4, 0.5) is 0 Å². The molecule has 2 N–H and O–H groups in total. The predicted molar refractivity (Wildman–Crippen MR) is 76.2 cm³/mol. The first-order chi connectivity index (χ1) is 8.33. The summed E-state index contributed by atoms with van der Waals surface area (Å²) in [6, 6.07) is 0. The van der Waals surface area contributed by atoms with Crippen LogP contribution in [0.2, 0.25) is 0 Å². The van der Waals surface area contributed by atoms with Crippen LogP contribution in [0.15, 0.2) is 0 Å². The number of unbranched alkanes of at least 4 members (excludes halogenated alkanes) is 1. The van der Waals surface area contributed by atoms with E-state index >= 15 is 0 Å². The van der Waals surface area contributed by atoms with Gasteiger partial charge in [0.15, 0.2) is 0 Å². The van der Waals surface area contributed by atoms with E-state index in [1.807, 2.05) is 0 Å². The molecular weight excluding hydrogens is 252 g/mol. The number of hydrogen-bond donors (Lipinski definition) is 2. The van der Waals surface area contributed by atoms with E-state index in [4.69, 9.17) is 4.74 Å². The van der Waals surface area contributed by atoms with Crippen LogP contribution >= 0.6 is 12.4 Å². The zero-order valence-electron chi connectivity index (χ0n) is 11.4. The van der Waals surface area contributed by atoms with Gasteiger partial charge in [-0.3, -0.25) is 4.79 Å². The SMILES string of the molecule is COCCCCC(=O)NCCC1CCCNC1.Cl. The number of amides is 1. The van der Waals surface area contributed by atoms with Crippen molar-refractivity contribution in [2.24, 2.45) is 5.92 Å². The Hall–Kier alpha value is -0.320. The molecule has 0 radical (unpaired) electrons. The molecule has 0 aromatic carbocycles. The fourth-order valence-electron chi connectivity index (χ4n) is 2.21. The lowest BCUT2D eigenvalue weighted by Gasteiger charge is -2.22. The molecule has 0 saturated carbocycles. The number of rotatable bonds is 8. The molecule has 1 aliphatic heterocycles. The molecule has 1 atom stereocenters. The molecule has 0 aliphatic carbocycles. The summed E-state index contributed by atoms with van der Waals surface area (Å²) in [4.78, 5) is 11.5. The summed E-state index contributed by atoms with van der Waals surface area (Å²) in [7, 11) is 1.69. The molecular formula is C13H27ClN2O2. The van der Waals surface area contributed by atoms with Gasteiger partial charge >= 0.3 is 0 Å². The Morgan fingerprint density at radius 1 is 1.44 bits per heavy atom. The fourth-order valence-corrected chi connectivity index (χ4v) is 2.21. The molecule has 1 heterocycles. The molecule has 5 heteroatoms. The summed E-state index contributed by atoms with van der Waals surface area (Å²) in [6.45, 7) is 3.85. The van der Waals surface area contributed by atoms with Gasteiger partial charge in [-0.1, -0.05) is 0 Å². The smallest absolute Gasteiger partial charge is 0.219 e. The van der Waals surface area contributed by atoms with E-state index in [2.05, 4.69) is 10.6 Å². The lowest BCUT2D eigenvalue weighted by Crippen LogP contribution is -2.33. The van der Waals surface area contributed by atoms with Crippen molar-refractivity contribution in [2.45, 2.75) is 38.5 Å². The summed E-state index contributed by atoms with van der Waals surface area (Å²) in [5.74, 6) is 0.933. The second-order valence-electron chi connectivity index (χ2n) is 4.80. The molecule has 0 spiro atoms. The number of methoxy groups -OCH3 is 1. The molecule has 1 amide bonds. The van der Waals surface area contributed by atoms with E-state index < -0.39 is 0 Å². The van der Waals surface area contributed by atoms with E-state index in [0.29, 0.717) is 6.42 Å². The van der Waals surface area contributed by atoms with Gasteiger partial charge in [0.1, 0.15) is 0 Å². The topological polar surface area (TPSA) is 50.4 Å². The second-order valence-corrected chi connectivity index (χ2v) is 4.80. The Kier molecular flexibility index (Phi) is 11.5. The van der Waals surface area contributed by atoms with Crippen LogP contribution in [-0.2, 0) is 9.53 Å². The van der Waals surface area contributed by atoms with Crippen LogP contribution in [0.1, 0.15) is 38.5 Å². The number of nitrogens with one attached hydrogen (secondary N) is 2. The zero-order chi connectivity index (χ0) is 12.3. The maximum atomic E-state index is 11.5. The van der Waals surface area contributed by atoms with Gasteiger partial charge in [0.25, 0.3) is 0 Å². The average molecular weight is 279 g/mol. The minimum Gasteiger partial charge on any atom is -0.385 e. The molecule has 1 fully saturated rings. The number of ether oxygens (including phenoxy) is 1. The number of halogens is 1. The van der Waals surface area contributed by atoms with Gasteiger partial charge in [0, 0.05) is 26.7 Å². The van der Waals surface area contributed by atoms with Gasteiger partial charge in [-0.2, -0.15) is 0 Å². The molecule has 1 aliphatic rings. The highest BCUT2D eigenvalue weighted by molar-refractivity contribution is 5.85. The quantitative estimate of drug-likeness (QED) is 0.665. The Balaban J connectivity index is 0.00000289. The molecule has 0 aromatic rings. The number of carbonyl (C=O) groups is 1. The lowest BCUT2D eigenvalue weighted by molar-refractivity contribution is -0.121. The van der Waals surface area contributed by atoms with Crippen LogP contribution in [0.25, 0.3) is 0 Å². The average Bonchev–Trinajstić information content (AvgIpc) is 2.36. The fraction of sp³-hybridized carbons (Fsp3) is 0.923. The summed E-state index contributed by atoms with van der Waals surface area (Å²) in [5, 5.41) is 6.39. The molecule has 0 aromatic heterocycles. The zero-order valence-corrected chi connectivity index (χ0v) is 12.2. The van der Waals surface area contributed by atoms with Crippen molar-refractivity contribution < 1.29 is 9.53 Å². The molecule has 1 saturated heterocycles. The standard InChI is InChI=1S/C13H26N2O2.ClH/c1-17-10-3-2-6-13(16)15-9-7-12-5-4-8-14-11-12;/h12,14H,2-11H2,1H3,(H,15,16);1H. The lowest BCUT2D eigenvalue weighted by atomic mass is 9.96. The Bertz CT molecular complexity index is 209. The van der Waals surface area contributed by atoms with Crippen LogP contribution in [0, 0.1) is 5.92 Å². The van der Waals surface area contributed by atoms with Crippen molar-refractivity contribution in [2.75, 3.05) is 33.4 Å². The van der Waals surface area contributed by atoms with E-state index in [0.717, 1.165) is 51.4 Å².